The van der Waals surface area contributed by atoms with Crippen molar-refractivity contribution in [2.45, 2.75) is 40.3 Å². The number of likely N-dealkylation sites (N-methyl/N-ethyl adjacent to an activating group) is 1. The number of nitrogens with one attached hydrogen (secondary N) is 2. The summed E-state index contributed by atoms with van der Waals surface area (Å²) in [5.74, 6) is 0.638. The number of amides is 1. The number of hydrogen-bond acceptors (Lipinski definition) is 3. The van der Waals surface area contributed by atoms with Crippen molar-refractivity contribution < 1.29 is 9.53 Å². The first kappa shape index (κ1) is 22.0. The lowest BCUT2D eigenvalue weighted by atomic mass is 9.89. The van der Waals surface area contributed by atoms with Crippen LogP contribution in [0.5, 0.6) is 0 Å². The molecule has 0 aliphatic carbocycles. The number of carbonyl (C=O) groups excluding carboxylic acids is 1. The molecule has 26 heavy (non-hydrogen) atoms. The fraction of sp³-hybridized carbons (Fsp3) is 0.600. The van der Waals surface area contributed by atoms with E-state index in [1.54, 1.807) is 14.2 Å². The molecule has 1 aromatic carbocycles. The number of aliphatic imine (C=N–C) groups is 1. The summed E-state index contributed by atoms with van der Waals surface area (Å²) in [6.07, 6.45) is 0.0435. The maximum atomic E-state index is 12.5. The van der Waals surface area contributed by atoms with Crippen molar-refractivity contribution in [3.63, 3.8) is 0 Å². The zero-order valence-corrected chi connectivity index (χ0v) is 17.0. The molecule has 1 amide bonds. The van der Waals surface area contributed by atoms with Gasteiger partial charge in [-0.05, 0) is 17.9 Å². The van der Waals surface area contributed by atoms with E-state index in [-0.39, 0.29) is 24.0 Å². The zero-order valence-electron chi connectivity index (χ0n) is 17.0. The minimum atomic E-state index is 0.0190. The molecule has 6 nitrogen and oxygen atoms in total. The fourth-order valence-corrected chi connectivity index (χ4v) is 2.60. The number of hydrogen-bond donors (Lipinski definition) is 2. The van der Waals surface area contributed by atoms with Crippen LogP contribution >= 0.6 is 0 Å². The summed E-state index contributed by atoms with van der Waals surface area (Å²) in [4.78, 5) is 18.5. The molecular formula is C20H34N4O2. The van der Waals surface area contributed by atoms with Gasteiger partial charge in [-0.1, -0.05) is 51.1 Å². The molecule has 1 rings (SSSR count). The molecule has 146 valence electrons. The van der Waals surface area contributed by atoms with E-state index in [1.165, 1.54) is 0 Å². The van der Waals surface area contributed by atoms with E-state index in [1.807, 2.05) is 42.2 Å². The van der Waals surface area contributed by atoms with Crippen LogP contribution in [0, 0.1) is 5.41 Å². The topological polar surface area (TPSA) is 66.0 Å². The average molecular weight is 363 g/mol. The van der Waals surface area contributed by atoms with Crippen molar-refractivity contribution in [2.24, 2.45) is 10.4 Å². The molecule has 0 saturated carbocycles. The molecule has 0 aliphatic heterocycles. The van der Waals surface area contributed by atoms with Gasteiger partial charge >= 0.3 is 0 Å². The van der Waals surface area contributed by atoms with Crippen LogP contribution in [0.4, 0.5) is 0 Å². The summed E-state index contributed by atoms with van der Waals surface area (Å²) in [6, 6.07) is 10.0. The molecule has 0 radical (unpaired) electrons. The van der Waals surface area contributed by atoms with Gasteiger partial charge < -0.3 is 20.3 Å². The molecule has 1 unspecified atom stereocenters. The Balaban J connectivity index is 2.52. The quantitative estimate of drug-likeness (QED) is 0.550. The van der Waals surface area contributed by atoms with Gasteiger partial charge in [0.1, 0.15) is 0 Å². The second kappa shape index (κ2) is 10.8. The van der Waals surface area contributed by atoms with Gasteiger partial charge in [-0.3, -0.25) is 9.79 Å². The largest absolute Gasteiger partial charge is 0.379 e. The van der Waals surface area contributed by atoms with E-state index in [4.69, 9.17) is 4.74 Å². The molecule has 6 heteroatoms. The first-order valence-electron chi connectivity index (χ1n) is 9.10. The molecule has 0 saturated heterocycles. The smallest absolute Gasteiger partial charge is 0.242 e. The normalized spacial score (nSPS) is 13.2. The highest BCUT2D eigenvalue weighted by Gasteiger charge is 2.24. The molecule has 0 bridgehead atoms. The lowest BCUT2D eigenvalue weighted by Gasteiger charge is -2.30. The van der Waals surface area contributed by atoms with Crippen molar-refractivity contribution >= 4 is 11.9 Å². The number of methoxy groups -OCH3 is 1. The summed E-state index contributed by atoms with van der Waals surface area (Å²) in [5, 5.41) is 6.32. The van der Waals surface area contributed by atoms with E-state index in [0.29, 0.717) is 25.6 Å². The highest BCUT2D eigenvalue weighted by Crippen LogP contribution is 2.20. The standard InChI is InChI=1S/C20H34N4O2/c1-7-24(15-16-11-9-8-10-12-16)18(25)14-23-19(21-5)22-13-17(26-6)20(2,3)4/h8-12,17H,7,13-15H2,1-6H3,(H2,21,22,23). The first-order valence-corrected chi connectivity index (χ1v) is 9.10. The van der Waals surface area contributed by atoms with Crippen molar-refractivity contribution in [3.8, 4) is 0 Å². The van der Waals surface area contributed by atoms with Gasteiger partial charge in [0.2, 0.25) is 5.91 Å². The van der Waals surface area contributed by atoms with E-state index >= 15 is 0 Å². The lowest BCUT2D eigenvalue weighted by Crippen LogP contribution is -2.48. The molecular weight excluding hydrogens is 328 g/mol. The highest BCUT2D eigenvalue weighted by molar-refractivity contribution is 5.86. The van der Waals surface area contributed by atoms with Crippen molar-refractivity contribution in [3.05, 3.63) is 35.9 Å². The number of carbonyl (C=O) groups is 1. The summed E-state index contributed by atoms with van der Waals surface area (Å²) in [7, 11) is 3.40. The van der Waals surface area contributed by atoms with Crippen LogP contribution in [-0.4, -0.2) is 56.7 Å². The maximum Gasteiger partial charge on any atom is 0.242 e. The number of benzene rings is 1. The average Bonchev–Trinajstić information content (AvgIpc) is 2.62. The van der Waals surface area contributed by atoms with Crippen LogP contribution < -0.4 is 10.6 Å². The molecule has 0 heterocycles. The fourth-order valence-electron chi connectivity index (χ4n) is 2.60. The van der Waals surface area contributed by atoms with Gasteiger partial charge in [-0.2, -0.15) is 0 Å². The Labute approximate surface area is 158 Å². The minimum absolute atomic E-state index is 0.0190. The molecule has 0 fully saturated rings. The van der Waals surface area contributed by atoms with Crippen molar-refractivity contribution in [1.82, 2.24) is 15.5 Å². The van der Waals surface area contributed by atoms with Gasteiger partial charge in [-0.25, -0.2) is 0 Å². The minimum Gasteiger partial charge on any atom is -0.379 e. The molecule has 0 aliphatic rings. The molecule has 1 atom stereocenters. The third-order valence-corrected chi connectivity index (χ3v) is 4.29. The number of nitrogens with zero attached hydrogens (tertiary/aromatic N) is 2. The van der Waals surface area contributed by atoms with Crippen molar-refractivity contribution in [2.75, 3.05) is 33.8 Å². The van der Waals surface area contributed by atoms with Gasteiger partial charge in [0.25, 0.3) is 0 Å². The Bertz CT molecular complexity index is 567. The maximum absolute atomic E-state index is 12.5. The second-order valence-electron chi connectivity index (χ2n) is 7.29. The second-order valence-corrected chi connectivity index (χ2v) is 7.29. The van der Waals surface area contributed by atoms with Crippen LogP contribution in [0.25, 0.3) is 0 Å². The van der Waals surface area contributed by atoms with Crippen LogP contribution in [0.1, 0.15) is 33.3 Å². The van der Waals surface area contributed by atoms with Gasteiger partial charge in [0.05, 0.1) is 12.6 Å². The lowest BCUT2D eigenvalue weighted by molar-refractivity contribution is -0.130. The highest BCUT2D eigenvalue weighted by atomic mass is 16.5. The Morgan fingerprint density at radius 1 is 1.23 bits per heavy atom. The van der Waals surface area contributed by atoms with E-state index < -0.39 is 0 Å². The summed E-state index contributed by atoms with van der Waals surface area (Å²) in [6.45, 7) is 10.5. The monoisotopic (exact) mass is 362 g/mol. The Hall–Kier alpha value is -2.08. The zero-order chi connectivity index (χ0) is 19.6. The SMILES string of the molecule is CCN(Cc1ccccc1)C(=O)CNC(=NC)NCC(OC)C(C)(C)C. The molecule has 0 aromatic heterocycles. The van der Waals surface area contributed by atoms with Crippen LogP contribution in [-0.2, 0) is 16.1 Å². The van der Waals surface area contributed by atoms with Crippen LogP contribution in [0.3, 0.4) is 0 Å². The number of ether oxygens (including phenoxy) is 1. The Morgan fingerprint density at radius 3 is 2.38 bits per heavy atom. The summed E-state index contributed by atoms with van der Waals surface area (Å²) >= 11 is 0. The van der Waals surface area contributed by atoms with Gasteiger partial charge in [0.15, 0.2) is 5.96 Å². The molecule has 0 spiro atoms. The van der Waals surface area contributed by atoms with Crippen LogP contribution in [0.15, 0.2) is 35.3 Å². The van der Waals surface area contributed by atoms with E-state index in [0.717, 1.165) is 5.56 Å². The predicted octanol–water partition coefficient (Wildman–Crippen LogP) is 2.26. The van der Waals surface area contributed by atoms with Crippen LogP contribution in [0.2, 0.25) is 0 Å². The van der Waals surface area contributed by atoms with Gasteiger partial charge in [0, 0.05) is 33.8 Å². The first-order chi connectivity index (χ1) is 12.3. The number of guanidine groups is 1. The van der Waals surface area contributed by atoms with Crippen molar-refractivity contribution in [1.29, 1.82) is 0 Å². The molecule has 1 aromatic rings. The Morgan fingerprint density at radius 2 is 1.88 bits per heavy atom. The predicted molar refractivity (Wildman–Crippen MR) is 107 cm³/mol. The van der Waals surface area contributed by atoms with E-state index in [9.17, 15) is 4.79 Å². The van der Waals surface area contributed by atoms with E-state index in [2.05, 4.69) is 36.4 Å². The van der Waals surface area contributed by atoms with Gasteiger partial charge in [-0.15, -0.1) is 0 Å². The molecule has 2 N–H and O–H groups in total. The third-order valence-electron chi connectivity index (χ3n) is 4.29. The summed E-state index contributed by atoms with van der Waals surface area (Å²) < 4.78 is 5.54. The number of rotatable bonds is 8. The Kier molecular flexibility index (Phi) is 9.13. The summed E-state index contributed by atoms with van der Waals surface area (Å²) in [5.41, 5.74) is 1.14. The third kappa shape index (κ3) is 7.44.